The predicted octanol–water partition coefficient (Wildman–Crippen LogP) is 3.50. The Hall–Kier alpha value is -1.88. The summed E-state index contributed by atoms with van der Waals surface area (Å²) in [7, 11) is 0. The van der Waals surface area contributed by atoms with Gasteiger partial charge in [0.2, 0.25) is 5.82 Å². The van der Waals surface area contributed by atoms with Crippen LogP contribution in [0.3, 0.4) is 0 Å². The zero-order valence-electron chi connectivity index (χ0n) is 12.2. The summed E-state index contributed by atoms with van der Waals surface area (Å²) in [5.74, 6) is 1.03. The number of rotatable bonds is 6. The first-order chi connectivity index (χ1) is 9.65. The van der Waals surface area contributed by atoms with E-state index < -0.39 is 0 Å². The number of hydrogen-bond donors (Lipinski definition) is 1. The molecule has 1 aromatic carbocycles. The summed E-state index contributed by atoms with van der Waals surface area (Å²) in [5, 5.41) is 4.03. The van der Waals surface area contributed by atoms with E-state index in [1.54, 1.807) is 0 Å². The van der Waals surface area contributed by atoms with Crippen molar-refractivity contribution in [1.82, 2.24) is 10.1 Å². The van der Waals surface area contributed by atoms with Gasteiger partial charge in [-0.1, -0.05) is 30.1 Å². The van der Waals surface area contributed by atoms with E-state index >= 15 is 0 Å². The van der Waals surface area contributed by atoms with Crippen molar-refractivity contribution >= 4 is 5.69 Å². The van der Waals surface area contributed by atoms with Crippen LogP contribution in [0.2, 0.25) is 0 Å². The number of hydrogen-bond acceptors (Lipinski definition) is 5. The average molecular weight is 275 g/mol. The normalized spacial score (nSPS) is 12.6. The first-order valence-electron chi connectivity index (χ1n) is 6.97. The molecule has 0 amide bonds. The average Bonchev–Trinajstić information content (AvgIpc) is 2.91. The predicted molar refractivity (Wildman–Crippen MR) is 78.2 cm³/mol. The highest BCUT2D eigenvalue weighted by atomic mass is 16.5. The SMILES string of the molecule is CCCC(OCC)c1noc(-c2cc(C)ccc2N)n1. The molecule has 2 rings (SSSR count). The zero-order chi connectivity index (χ0) is 14.5. The first kappa shape index (κ1) is 14.5. The Morgan fingerprint density at radius 1 is 1.35 bits per heavy atom. The molecular weight excluding hydrogens is 254 g/mol. The maximum Gasteiger partial charge on any atom is 0.260 e. The van der Waals surface area contributed by atoms with E-state index in [1.807, 2.05) is 32.0 Å². The van der Waals surface area contributed by atoms with Crippen molar-refractivity contribution in [2.75, 3.05) is 12.3 Å². The summed E-state index contributed by atoms with van der Waals surface area (Å²) >= 11 is 0. The molecule has 0 saturated carbocycles. The van der Waals surface area contributed by atoms with Gasteiger partial charge in [-0.15, -0.1) is 0 Å². The summed E-state index contributed by atoms with van der Waals surface area (Å²) < 4.78 is 11.0. The number of ether oxygens (including phenoxy) is 1. The lowest BCUT2D eigenvalue weighted by molar-refractivity contribution is 0.0478. The molecule has 0 aliphatic carbocycles. The zero-order valence-corrected chi connectivity index (χ0v) is 12.2. The molecule has 5 nitrogen and oxygen atoms in total. The highest BCUT2D eigenvalue weighted by molar-refractivity contribution is 5.70. The van der Waals surface area contributed by atoms with Crippen LogP contribution >= 0.6 is 0 Å². The lowest BCUT2D eigenvalue weighted by atomic mass is 10.1. The molecule has 20 heavy (non-hydrogen) atoms. The Morgan fingerprint density at radius 3 is 2.85 bits per heavy atom. The van der Waals surface area contributed by atoms with Gasteiger partial charge in [-0.3, -0.25) is 0 Å². The fraction of sp³-hybridized carbons (Fsp3) is 0.467. The quantitative estimate of drug-likeness (QED) is 0.817. The van der Waals surface area contributed by atoms with Crippen LogP contribution in [0.1, 0.15) is 44.2 Å². The van der Waals surface area contributed by atoms with Crippen LogP contribution in [0, 0.1) is 6.92 Å². The fourth-order valence-electron chi connectivity index (χ4n) is 2.08. The number of aryl methyl sites for hydroxylation is 1. The molecule has 0 saturated heterocycles. The van der Waals surface area contributed by atoms with E-state index in [0.717, 1.165) is 24.0 Å². The van der Waals surface area contributed by atoms with Crippen LogP contribution in [0.15, 0.2) is 22.7 Å². The number of nitrogen functional groups attached to an aromatic ring is 1. The Labute approximate surface area is 119 Å². The Balaban J connectivity index is 2.29. The molecule has 0 radical (unpaired) electrons. The molecular formula is C15H21N3O2. The number of anilines is 1. The minimum absolute atomic E-state index is 0.117. The topological polar surface area (TPSA) is 74.2 Å². The number of aromatic nitrogens is 2. The molecule has 0 fully saturated rings. The van der Waals surface area contributed by atoms with Gasteiger partial charge in [-0.05, 0) is 32.4 Å². The number of benzene rings is 1. The lowest BCUT2D eigenvalue weighted by Gasteiger charge is -2.11. The molecule has 1 heterocycles. The second-order valence-electron chi connectivity index (χ2n) is 4.78. The van der Waals surface area contributed by atoms with Crippen LogP contribution in [-0.2, 0) is 4.74 Å². The summed E-state index contributed by atoms with van der Waals surface area (Å²) in [6.07, 6.45) is 1.76. The van der Waals surface area contributed by atoms with Crippen LogP contribution in [0.4, 0.5) is 5.69 Å². The lowest BCUT2D eigenvalue weighted by Crippen LogP contribution is -2.06. The smallest absolute Gasteiger partial charge is 0.260 e. The molecule has 1 atom stereocenters. The van der Waals surface area contributed by atoms with E-state index in [0.29, 0.717) is 24.0 Å². The van der Waals surface area contributed by atoms with Crippen molar-refractivity contribution in [2.24, 2.45) is 0 Å². The minimum Gasteiger partial charge on any atom is -0.398 e. The van der Waals surface area contributed by atoms with Crippen molar-refractivity contribution < 1.29 is 9.26 Å². The molecule has 0 bridgehead atoms. The molecule has 0 aliphatic rings. The van der Waals surface area contributed by atoms with Crippen molar-refractivity contribution in [2.45, 2.75) is 39.7 Å². The second kappa shape index (κ2) is 6.52. The van der Waals surface area contributed by atoms with Crippen molar-refractivity contribution in [3.63, 3.8) is 0 Å². The van der Waals surface area contributed by atoms with E-state index in [1.165, 1.54) is 0 Å². The Morgan fingerprint density at radius 2 is 2.15 bits per heavy atom. The Bertz CT molecular complexity index is 560. The summed E-state index contributed by atoms with van der Waals surface area (Å²) in [4.78, 5) is 4.44. The van der Waals surface area contributed by atoms with Gasteiger partial charge in [0, 0.05) is 12.3 Å². The van der Waals surface area contributed by atoms with Gasteiger partial charge in [0.15, 0.2) is 0 Å². The third-order valence-electron chi connectivity index (χ3n) is 3.09. The maximum absolute atomic E-state index is 5.97. The van der Waals surface area contributed by atoms with Crippen molar-refractivity contribution in [3.8, 4) is 11.5 Å². The molecule has 5 heteroatoms. The molecule has 1 aromatic heterocycles. The van der Waals surface area contributed by atoms with Gasteiger partial charge in [0.1, 0.15) is 6.10 Å². The van der Waals surface area contributed by atoms with Gasteiger partial charge < -0.3 is 15.0 Å². The molecule has 2 aromatic rings. The highest BCUT2D eigenvalue weighted by Crippen LogP contribution is 2.28. The van der Waals surface area contributed by atoms with E-state index in [9.17, 15) is 0 Å². The van der Waals surface area contributed by atoms with Gasteiger partial charge in [-0.25, -0.2) is 0 Å². The number of nitrogens with zero attached hydrogens (tertiary/aromatic N) is 2. The number of nitrogens with two attached hydrogens (primary N) is 1. The van der Waals surface area contributed by atoms with Crippen LogP contribution in [-0.4, -0.2) is 16.7 Å². The third kappa shape index (κ3) is 3.17. The largest absolute Gasteiger partial charge is 0.398 e. The van der Waals surface area contributed by atoms with Crippen LogP contribution in [0.5, 0.6) is 0 Å². The van der Waals surface area contributed by atoms with E-state index in [4.69, 9.17) is 15.0 Å². The van der Waals surface area contributed by atoms with E-state index in [2.05, 4.69) is 17.1 Å². The first-order valence-corrected chi connectivity index (χ1v) is 6.97. The summed E-state index contributed by atoms with van der Waals surface area (Å²) in [6, 6.07) is 5.75. The molecule has 0 aliphatic heterocycles. The van der Waals surface area contributed by atoms with Crippen LogP contribution < -0.4 is 5.73 Å². The van der Waals surface area contributed by atoms with Gasteiger partial charge >= 0.3 is 0 Å². The monoisotopic (exact) mass is 275 g/mol. The minimum atomic E-state index is -0.117. The highest BCUT2D eigenvalue weighted by Gasteiger charge is 2.19. The second-order valence-corrected chi connectivity index (χ2v) is 4.78. The van der Waals surface area contributed by atoms with Crippen LogP contribution in [0.25, 0.3) is 11.5 Å². The summed E-state index contributed by atoms with van der Waals surface area (Å²) in [5.41, 5.74) is 8.47. The molecule has 108 valence electrons. The van der Waals surface area contributed by atoms with Gasteiger partial charge in [0.25, 0.3) is 5.89 Å². The van der Waals surface area contributed by atoms with Gasteiger partial charge in [0.05, 0.1) is 5.56 Å². The maximum atomic E-state index is 5.97. The molecule has 2 N–H and O–H groups in total. The standard InChI is InChI=1S/C15H21N3O2/c1-4-6-13(19-5-2)14-17-15(20-18-14)11-9-10(3)7-8-12(11)16/h7-9,13H,4-6,16H2,1-3H3. The van der Waals surface area contributed by atoms with Crippen molar-refractivity contribution in [1.29, 1.82) is 0 Å². The Kier molecular flexibility index (Phi) is 4.74. The molecule has 1 unspecified atom stereocenters. The fourth-order valence-corrected chi connectivity index (χ4v) is 2.08. The third-order valence-corrected chi connectivity index (χ3v) is 3.09. The van der Waals surface area contributed by atoms with Crippen molar-refractivity contribution in [3.05, 3.63) is 29.6 Å². The molecule has 0 spiro atoms. The van der Waals surface area contributed by atoms with Gasteiger partial charge in [-0.2, -0.15) is 4.98 Å². The summed E-state index contributed by atoms with van der Waals surface area (Å²) in [6.45, 7) is 6.69. The van der Waals surface area contributed by atoms with E-state index in [-0.39, 0.29) is 6.10 Å².